The van der Waals surface area contributed by atoms with Gasteiger partial charge in [-0.3, -0.25) is 4.90 Å². The third-order valence-electron chi connectivity index (χ3n) is 7.82. The zero-order valence-corrected chi connectivity index (χ0v) is 18.7. The fourth-order valence-electron chi connectivity index (χ4n) is 6.22. The Morgan fingerprint density at radius 3 is 2.73 bits per heavy atom. The molecule has 4 rings (SSSR count). The van der Waals surface area contributed by atoms with Crippen LogP contribution in [-0.4, -0.2) is 42.3 Å². The van der Waals surface area contributed by atoms with Gasteiger partial charge in [0.25, 0.3) is 0 Å². The first-order chi connectivity index (χ1) is 14.7. The van der Waals surface area contributed by atoms with Crippen molar-refractivity contribution in [2.75, 3.05) is 31.6 Å². The van der Waals surface area contributed by atoms with Crippen LogP contribution in [0.1, 0.15) is 50.7 Å². The highest BCUT2D eigenvalue weighted by atomic mass is 16.3. The molecule has 2 N–H and O–H groups in total. The number of piperidine rings is 1. The summed E-state index contributed by atoms with van der Waals surface area (Å²) in [5.41, 5.74) is 4.42. The molecule has 2 fully saturated rings. The average Bonchev–Trinajstić information content (AvgIpc) is 2.76. The van der Waals surface area contributed by atoms with Gasteiger partial charge in [0.05, 0.1) is 0 Å². The largest absolute Gasteiger partial charge is 0.396 e. The van der Waals surface area contributed by atoms with E-state index < -0.39 is 0 Å². The topological polar surface area (TPSA) is 35.5 Å². The lowest BCUT2D eigenvalue weighted by Crippen LogP contribution is -2.58. The quantitative estimate of drug-likeness (QED) is 0.640. The van der Waals surface area contributed by atoms with Crippen molar-refractivity contribution in [3.8, 4) is 0 Å². The first kappa shape index (κ1) is 21.4. The normalized spacial score (nSPS) is 27.6. The van der Waals surface area contributed by atoms with E-state index in [4.69, 9.17) is 0 Å². The van der Waals surface area contributed by atoms with E-state index >= 15 is 0 Å². The molecular formula is C27H38N2O. The van der Waals surface area contributed by atoms with Gasteiger partial charge in [0.1, 0.15) is 0 Å². The Bertz CT molecular complexity index is 808. The Morgan fingerprint density at radius 2 is 1.97 bits per heavy atom. The lowest BCUT2D eigenvalue weighted by atomic mass is 9.57. The summed E-state index contributed by atoms with van der Waals surface area (Å²) in [5, 5.41) is 13.6. The molecule has 0 radical (unpaired) electrons. The first-order valence-electron chi connectivity index (χ1n) is 11.9. The van der Waals surface area contributed by atoms with Gasteiger partial charge in [0.2, 0.25) is 0 Å². The molecule has 2 bridgehead atoms. The number of aliphatic hydroxyl groups excluding tert-OH is 1. The maximum Gasteiger partial charge on any atom is 0.0474 e. The van der Waals surface area contributed by atoms with Crippen LogP contribution in [0.15, 0.2) is 54.6 Å². The Kier molecular flexibility index (Phi) is 6.80. The zero-order chi connectivity index (χ0) is 21.0. The maximum atomic E-state index is 10.1. The van der Waals surface area contributed by atoms with Crippen LogP contribution < -0.4 is 5.32 Å². The van der Waals surface area contributed by atoms with Gasteiger partial charge >= 0.3 is 0 Å². The minimum Gasteiger partial charge on any atom is -0.396 e. The first-order valence-corrected chi connectivity index (χ1v) is 11.9. The minimum absolute atomic E-state index is 0.266. The number of hydrogen-bond acceptors (Lipinski definition) is 3. The van der Waals surface area contributed by atoms with Crippen molar-refractivity contribution in [3.63, 3.8) is 0 Å². The number of likely N-dealkylation sites (tertiary alicyclic amines) is 1. The standard InChI is InChI=1S/C27H38N2O/c1-3-28-25-12-7-11-24(18-25)27-14-8-13-26(21(27)2)29(16-15-27)19-23(20-30)17-22-9-5-4-6-10-22/h4-7,9-12,18,21,23,26,28,30H,3,8,13-17,19-20H2,1-2H3/t21?,23-,26?,27?/m1/s1. The van der Waals surface area contributed by atoms with Gasteiger partial charge in [0.15, 0.2) is 0 Å². The average molecular weight is 407 g/mol. The summed E-state index contributed by atoms with van der Waals surface area (Å²) in [5.74, 6) is 0.957. The van der Waals surface area contributed by atoms with Crippen molar-refractivity contribution < 1.29 is 5.11 Å². The monoisotopic (exact) mass is 406 g/mol. The second-order valence-corrected chi connectivity index (χ2v) is 9.50. The van der Waals surface area contributed by atoms with Gasteiger partial charge in [-0.15, -0.1) is 0 Å². The molecular weight excluding hydrogens is 368 g/mol. The van der Waals surface area contributed by atoms with E-state index in [1.807, 2.05) is 0 Å². The van der Waals surface area contributed by atoms with E-state index in [1.54, 1.807) is 0 Å². The molecule has 4 atom stereocenters. The number of anilines is 1. The number of nitrogens with zero attached hydrogens (tertiary/aromatic N) is 1. The summed E-state index contributed by atoms with van der Waals surface area (Å²) >= 11 is 0. The summed E-state index contributed by atoms with van der Waals surface area (Å²) in [6, 6.07) is 20.5. The number of hydrogen-bond donors (Lipinski definition) is 2. The van der Waals surface area contributed by atoms with Crippen LogP contribution in [0.25, 0.3) is 0 Å². The van der Waals surface area contributed by atoms with Gasteiger partial charge in [0, 0.05) is 36.8 Å². The molecule has 1 saturated heterocycles. The van der Waals surface area contributed by atoms with Crippen LogP contribution in [0.5, 0.6) is 0 Å². The molecule has 2 aromatic carbocycles. The highest BCUT2D eigenvalue weighted by Gasteiger charge is 2.49. The molecule has 2 aliphatic rings. The van der Waals surface area contributed by atoms with Gasteiger partial charge in [-0.25, -0.2) is 0 Å². The summed E-state index contributed by atoms with van der Waals surface area (Å²) in [7, 11) is 0. The van der Waals surface area contributed by atoms with Gasteiger partial charge < -0.3 is 10.4 Å². The second kappa shape index (κ2) is 9.53. The van der Waals surface area contributed by atoms with Crippen molar-refractivity contribution in [1.82, 2.24) is 4.90 Å². The van der Waals surface area contributed by atoms with E-state index in [2.05, 4.69) is 78.7 Å². The third kappa shape index (κ3) is 4.29. The number of nitrogens with one attached hydrogen (secondary N) is 1. The van der Waals surface area contributed by atoms with Crippen LogP contribution >= 0.6 is 0 Å². The summed E-state index contributed by atoms with van der Waals surface area (Å²) < 4.78 is 0. The van der Waals surface area contributed by atoms with E-state index in [9.17, 15) is 5.11 Å². The Balaban J connectivity index is 1.49. The SMILES string of the molecule is CCNc1cccc(C23CCCC(C2C)N(C[C@H](CO)Cc2ccccc2)CC3)c1. The fraction of sp³-hybridized carbons (Fsp3) is 0.556. The number of benzene rings is 2. The number of rotatable bonds is 8. The molecule has 1 saturated carbocycles. The molecule has 30 heavy (non-hydrogen) atoms. The van der Waals surface area contributed by atoms with Crippen molar-refractivity contribution >= 4 is 5.69 Å². The minimum atomic E-state index is 0.266. The Morgan fingerprint density at radius 1 is 1.13 bits per heavy atom. The smallest absolute Gasteiger partial charge is 0.0474 e. The van der Waals surface area contributed by atoms with Crippen molar-refractivity contribution in [2.24, 2.45) is 11.8 Å². The molecule has 1 heterocycles. The van der Waals surface area contributed by atoms with Crippen molar-refractivity contribution in [1.29, 1.82) is 0 Å². The third-order valence-corrected chi connectivity index (χ3v) is 7.82. The van der Waals surface area contributed by atoms with Crippen LogP contribution in [0.3, 0.4) is 0 Å². The van der Waals surface area contributed by atoms with Crippen LogP contribution in [0.4, 0.5) is 5.69 Å². The van der Waals surface area contributed by atoms with Gasteiger partial charge in [-0.05, 0) is 74.2 Å². The van der Waals surface area contributed by atoms with E-state index in [0.29, 0.717) is 23.3 Å². The predicted octanol–water partition coefficient (Wildman–Crippen LogP) is 5.10. The summed E-state index contributed by atoms with van der Waals surface area (Å²) in [6.07, 6.45) is 6.09. The molecule has 3 heteroatoms. The number of aliphatic hydroxyl groups is 1. The lowest BCUT2D eigenvalue weighted by Gasteiger charge is -2.56. The highest BCUT2D eigenvalue weighted by molar-refractivity contribution is 5.48. The molecule has 0 aromatic heterocycles. The van der Waals surface area contributed by atoms with E-state index in [-0.39, 0.29) is 6.61 Å². The molecule has 3 unspecified atom stereocenters. The second-order valence-electron chi connectivity index (χ2n) is 9.50. The van der Waals surface area contributed by atoms with Crippen molar-refractivity contribution in [3.05, 3.63) is 65.7 Å². The maximum absolute atomic E-state index is 10.1. The van der Waals surface area contributed by atoms with Crippen LogP contribution in [-0.2, 0) is 11.8 Å². The Labute approximate surface area is 182 Å². The highest BCUT2D eigenvalue weighted by Crippen LogP contribution is 2.51. The molecule has 0 spiro atoms. The van der Waals surface area contributed by atoms with E-state index in [1.165, 1.54) is 42.5 Å². The molecule has 162 valence electrons. The molecule has 3 nitrogen and oxygen atoms in total. The molecule has 0 amide bonds. The molecule has 1 aliphatic heterocycles. The zero-order valence-electron chi connectivity index (χ0n) is 18.7. The molecule has 2 aromatic rings. The Hall–Kier alpha value is -1.84. The van der Waals surface area contributed by atoms with Crippen LogP contribution in [0.2, 0.25) is 0 Å². The fourth-order valence-corrected chi connectivity index (χ4v) is 6.22. The summed E-state index contributed by atoms with van der Waals surface area (Å²) in [4.78, 5) is 2.71. The number of fused-ring (bicyclic) bond motifs is 2. The predicted molar refractivity (Wildman–Crippen MR) is 126 cm³/mol. The molecule has 1 aliphatic carbocycles. The summed E-state index contributed by atoms with van der Waals surface area (Å²) in [6.45, 7) is 8.03. The van der Waals surface area contributed by atoms with Gasteiger partial charge in [-0.1, -0.05) is 55.8 Å². The van der Waals surface area contributed by atoms with Crippen molar-refractivity contribution in [2.45, 2.75) is 57.4 Å². The van der Waals surface area contributed by atoms with Gasteiger partial charge in [-0.2, -0.15) is 0 Å². The van der Waals surface area contributed by atoms with E-state index in [0.717, 1.165) is 26.1 Å². The van der Waals surface area contributed by atoms with Crippen LogP contribution in [0, 0.1) is 11.8 Å². The lowest BCUT2D eigenvalue weighted by molar-refractivity contribution is -0.0153.